The highest BCUT2D eigenvalue weighted by Crippen LogP contribution is 2.35. The molecule has 1 amide bonds. The molecule has 0 aliphatic rings. The lowest BCUT2D eigenvalue weighted by atomic mass is 10.1. The Bertz CT molecular complexity index is 516. The Balaban J connectivity index is 2.67. The van der Waals surface area contributed by atoms with Crippen LogP contribution >= 0.6 is 27.7 Å². The molecule has 0 heterocycles. The molecular formula is C11H8BrF6NOS. The minimum absolute atomic E-state index is 0.223. The van der Waals surface area contributed by atoms with Crippen molar-refractivity contribution in [3.63, 3.8) is 0 Å². The zero-order valence-corrected chi connectivity index (χ0v) is 12.5. The van der Waals surface area contributed by atoms with E-state index in [1.54, 1.807) is 0 Å². The van der Waals surface area contributed by atoms with Crippen LogP contribution in [0.4, 0.5) is 26.3 Å². The van der Waals surface area contributed by atoms with E-state index in [9.17, 15) is 31.1 Å². The van der Waals surface area contributed by atoms with E-state index in [1.807, 2.05) is 0 Å². The fraction of sp³-hybridized carbons (Fsp3) is 0.364. The van der Waals surface area contributed by atoms with Crippen molar-refractivity contribution in [1.29, 1.82) is 0 Å². The molecule has 0 fully saturated rings. The van der Waals surface area contributed by atoms with Gasteiger partial charge in [-0.2, -0.15) is 26.3 Å². The van der Waals surface area contributed by atoms with Crippen LogP contribution in [0, 0.1) is 0 Å². The highest BCUT2D eigenvalue weighted by molar-refractivity contribution is 9.10. The van der Waals surface area contributed by atoms with Gasteiger partial charge in [-0.3, -0.25) is 4.79 Å². The molecule has 0 spiro atoms. The Morgan fingerprint density at radius 1 is 1.19 bits per heavy atom. The number of hydrogen-bond acceptors (Lipinski definition) is 2. The van der Waals surface area contributed by atoms with Gasteiger partial charge < -0.3 is 5.32 Å². The molecule has 0 saturated carbocycles. The molecule has 2 nitrogen and oxygen atoms in total. The average molecular weight is 396 g/mol. The summed E-state index contributed by atoms with van der Waals surface area (Å²) in [4.78, 5) is 11.6. The highest BCUT2D eigenvalue weighted by Gasteiger charge is 2.33. The molecule has 21 heavy (non-hydrogen) atoms. The molecule has 118 valence electrons. The summed E-state index contributed by atoms with van der Waals surface area (Å²) in [6.07, 6.45) is -4.64. The van der Waals surface area contributed by atoms with Crippen molar-refractivity contribution < 1.29 is 31.1 Å². The summed E-state index contributed by atoms with van der Waals surface area (Å²) in [5, 5.41) is 2.13. The van der Waals surface area contributed by atoms with Crippen molar-refractivity contribution >= 4 is 33.6 Å². The van der Waals surface area contributed by atoms with Crippen LogP contribution in [0.15, 0.2) is 22.7 Å². The molecule has 0 aliphatic carbocycles. The first kappa shape index (κ1) is 18.1. The topological polar surface area (TPSA) is 29.1 Å². The second-order valence-corrected chi connectivity index (χ2v) is 5.76. The summed E-state index contributed by atoms with van der Waals surface area (Å²) in [5.41, 5.74) is -5.71. The van der Waals surface area contributed by atoms with E-state index in [-0.39, 0.29) is 28.3 Å². The lowest BCUT2D eigenvalue weighted by Crippen LogP contribution is -2.26. The van der Waals surface area contributed by atoms with Gasteiger partial charge in [0.05, 0.1) is 5.56 Å². The third-order valence-electron chi connectivity index (χ3n) is 2.19. The zero-order chi connectivity index (χ0) is 16.3. The van der Waals surface area contributed by atoms with Crippen LogP contribution in [0.5, 0.6) is 0 Å². The quantitative estimate of drug-likeness (QED) is 0.602. The third-order valence-corrected chi connectivity index (χ3v) is 3.61. The molecule has 0 radical (unpaired) electrons. The van der Waals surface area contributed by atoms with E-state index in [1.165, 1.54) is 0 Å². The molecule has 1 aromatic rings. The predicted molar refractivity (Wildman–Crippen MR) is 70.0 cm³/mol. The standard InChI is InChI=1S/C11H8BrF6NOS/c12-8-2-1-6(5-7(8)10(13,14)15)9(20)19-3-4-21-11(16,17)18/h1-2,5H,3-4H2,(H,19,20). The number of alkyl halides is 6. The molecule has 0 unspecified atom stereocenters. The smallest absolute Gasteiger partial charge is 0.351 e. The SMILES string of the molecule is O=C(NCCSC(F)(F)F)c1ccc(Br)c(C(F)(F)F)c1. The number of halogens is 7. The molecule has 0 saturated heterocycles. The van der Waals surface area contributed by atoms with Gasteiger partial charge in [-0.25, -0.2) is 0 Å². The lowest BCUT2D eigenvalue weighted by Gasteiger charge is -2.11. The minimum Gasteiger partial charge on any atom is -0.351 e. The first-order valence-corrected chi connectivity index (χ1v) is 7.14. The van der Waals surface area contributed by atoms with Gasteiger partial charge >= 0.3 is 11.7 Å². The van der Waals surface area contributed by atoms with Gasteiger partial charge in [0, 0.05) is 22.3 Å². The maximum absolute atomic E-state index is 12.6. The van der Waals surface area contributed by atoms with E-state index >= 15 is 0 Å². The van der Waals surface area contributed by atoms with E-state index in [0.29, 0.717) is 6.07 Å². The fourth-order valence-electron chi connectivity index (χ4n) is 1.32. The van der Waals surface area contributed by atoms with Crippen LogP contribution in [-0.2, 0) is 6.18 Å². The second-order valence-electron chi connectivity index (χ2n) is 3.74. The highest BCUT2D eigenvalue weighted by atomic mass is 79.9. The lowest BCUT2D eigenvalue weighted by molar-refractivity contribution is -0.138. The van der Waals surface area contributed by atoms with Crippen molar-refractivity contribution in [2.24, 2.45) is 0 Å². The summed E-state index contributed by atoms with van der Waals surface area (Å²) in [6.45, 7) is -0.305. The summed E-state index contributed by atoms with van der Waals surface area (Å²) in [5.74, 6) is -1.28. The van der Waals surface area contributed by atoms with Crippen LogP contribution in [0.2, 0.25) is 0 Å². The van der Waals surface area contributed by atoms with Gasteiger partial charge in [0.1, 0.15) is 0 Å². The normalized spacial score (nSPS) is 12.3. The number of benzene rings is 1. The van der Waals surface area contributed by atoms with E-state index in [4.69, 9.17) is 0 Å². The van der Waals surface area contributed by atoms with Gasteiger partial charge in [0.25, 0.3) is 5.91 Å². The summed E-state index contributed by atoms with van der Waals surface area (Å²) in [7, 11) is 0. The van der Waals surface area contributed by atoms with E-state index in [0.717, 1.165) is 12.1 Å². The van der Waals surface area contributed by atoms with Gasteiger partial charge in [-0.1, -0.05) is 15.9 Å². The van der Waals surface area contributed by atoms with Crippen LogP contribution in [0.1, 0.15) is 15.9 Å². The third kappa shape index (κ3) is 6.16. The summed E-state index contributed by atoms with van der Waals surface area (Å²) in [6, 6.07) is 2.84. The monoisotopic (exact) mass is 395 g/mol. The van der Waals surface area contributed by atoms with Crippen LogP contribution < -0.4 is 5.32 Å². The number of hydrogen-bond donors (Lipinski definition) is 1. The maximum atomic E-state index is 12.6. The summed E-state index contributed by atoms with van der Waals surface area (Å²) < 4.78 is 73.3. The van der Waals surface area contributed by atoms with Crippen LogP contribution in [0.25, 0.3) is 0 Å². The molecule has 0 atom stereocenters. The Morgan fingerprint density at radius 3 is 2.33 bits per heavy atom. The van der Waals surface area contributed by atoms with Gasteiger partial charge in [0.2, 0.25) is 0 Å². The Hall–Kier alpha value is -0.900. The van der Waals surface area contributed by atoms with Crippen LogP contribution in [0.3, 0.4) is 0 Å². The van der Waals surface area contributed by atoms with Crippen molar-refractivity contribution in [1.82, 2.24) is 5.32 Å². The molecule has 1 rings (SSSR count). The largest absolute Gasteiger partial charge is 0.441 e. The number of thioether (sulfide) groups is 1. The number of amides is 1. The molecule has 10 heteroatoms. The molecule has 1 aromatic carbocycles. The minimum atomic E-state index is -4.64. The Morgan fingerprint density at radius 2 is 1.81 bits per heavy atom. The van der Waals surface area contributed by atoms with Crippen molar-refractivity contribution in [3.05, 3.63) is 33.8 Å². The number of rotatable bonds is 4. The van der Waals surface area contributed by atoms with E-state index < -0.39 is 28.9 Å². The van der Waals surface area contributed by atoms with E-state index in [2.05, 4.69) is 21.2 Å². The molecule has 0 aliphatic heterocycles. The number of carbonyl (C=O) groups is 1. The zero-order valence-electron chi connectivity index (χ0n) is 10.1. The first-order valence-electron chi connectivity index (χ1n) is 5.36. The predicted octanol–water partition coefficient (Wildman–Crippen LogP) is 4.45. The van der Waals surface area contributed by atoms with Crippen LogP contribution in [-0.4, -0.2) is 23.7 Å². The Kier molecular flexibility index (Phi) is 5.97. The van der Waals surface area contributed by atoms with Gasteiger partial charge in [-0.05, 0) is 30.0 Å². The van der Waals surface area contributed by atoms with Crippen molar-refractivity contribution in [2.75, 3.05) is 12.3 Å². The molecular weight excluding hydrogens is 388 g/mol. The number of nitrogens with one attached hydrogen (secondary N) is 1. The van der Waals surface area contributed by atoms with Gasteiger partial charge in [-0.15, -0.1) is 0 Å². The number of carbonyl (C=O) groups excluding carboxylic acids is 1. The Labute approximate surface area is 128 Å². The summed E-state index contributed by atoms with van der Waals surface area (Å²) >= 11 is 2.40. The average Bonchev–Trinajstić information content (AvgIpc) is 2.32. The first-order chi connectivity index (χ1) is 9.50. The van der Waals surface area contributed by atoms with Crippen molar-refractivity contribution in [2.45, 2.75) is 11.7 Å². The maximum Gasteiger partial charge on any atom is 0.441 e. The molecule has 0 aromatic heterocycles. The molecule has 1 N–H and O–H groups in total. The van der Waals surface area contributed by atoms with Crippen molar-refractivity contribution in [3.8, 4) is 0 Å². The molecule has 0 bridgehead atoms. The fourth-order valence-corrected chi connectivity index (χ4v) is 2.22. The van der Waals surface area contributed by atoms with Gasteiger partial charge in [0.15, 0.2) is 0 Å². The second kappa shape index (κ2) is 6.91.